The predicted molar refractivity (Wildman–Crippen MR) is 60.7 cm³/mol. The van der Waals surface area contributed by atoms with Gasteiger partial charge in [0.2, 0.25) is 0 Å². The Morgan fingerprint density at radius 2 is 2.31 bits per heavy atom. The first-order valence-corrected chi connectivity index (χ1v) is 5.36. The lowest BCUT2D eigenvalue weighted by atomic mass is 10.3. The average molecular weight is 223 g/mol. The lowest BCUT2D eigenvalue weighted by Crippen LogP contribution is -2.29. The first-order valence-electron chi connectivity index (χ1n) is 5.36. The summed E-state index contributed by atoms with van der Waals surface area (Å²) < 4.78 is 9.20. The fourth-order valence-electron chi connectivity index (χ4n) is 1.36. The van der Waals surface area contributed by atoms with Crippen molar-refractivity contribution in [2.24, 2.45) is 7.05 Å². The first-order chi connectivity index (χ1) is 7.52. The van der Waals surface area contributed by atoms with Gasteiger partial charge in [0.15, 0.2) is 0 Å². The highest BCUT2D eigenvalue weighted by molar-refractivity contribution is 5.86. The molecule has 0 fully saturated rings. The second-order valence-corrected chi connectivity index (χ2v) is 3.92. The molecule has 0 radical (unpaired) electrons. The number of hydrogen-bond acceptors (Lipinski definition) is 2. The van der Waals surface area contributed by atoms with E-state index in [9.17, 15) is 4.79 Å². The average Bonchev–Trinajstić information content (AvgIpc) is 2.55. The van der Waals surface area contributed by atoms with Crippen LogP contribution in [0.2, 0.25) is 0 Å². The van der Waals surface area contributed by atoms with Crippen molar-refractivity contribution < 1.29 is 14.1 Å². The largest absolute Gasteiger partial charge is 0.462 e. The Hall–Kier alpha value is -1.58. The van der Waals surface area contributed by atoms with E-state index in [1.54, 1.807) is 6.92 Å². The highest BCUT2D eigenvalue weighted by Gasteiger charge is 2.08. The molecule has 88 valence electrons. The fourth-order valence-corrected chi connectivity index (χ4v) is 1.36. The summed E-state index contributed by atoms with van der Waals surface area (Å²) in [7, 11) is 2.01. The summed E-state index contributed by atoms with van der Waals surface area (Å²) >= 11 is 0. The van der Waals surface area contributed by atoms with Crippen molar-refractivity contribution in [1.29, 1.82) is 0 Å². The van der Waals surface area contributed by atoms with Crippen LogP contribution in [0.1, 0.15) is 19.2 Å². The van der Waals surface area contributed by atoms with Crippen LogP contribution in [0.15, 0.2) is 24.5 Å². The molecule has 0 amide bonds. The zero-order valence-corrected chi connectivity index (χ0v) is 10.2. The van der Waals surface area contributed by atoms with E-state index in [-0.39, 0.29) is 5.97 Å². The van der Waals surface area contributed by atoms with Crippen molar-refractivity contribution in [3.05, 3.63) is 30.4 Å². The number of rotatable bonds is 5. The van der Waals surface area contributed by atoms with Crippen LogP contribution in [0.5, 0.6) is 0 Å². The van der Waals surface area contributed by atoms with Crippen molar-refractivity contribution >= 4 is 5.97 Å². The molecule has 0 saturated carbocycles. The second kappa shape index (κ2) is 5.49. The maximum Gasteiger partial charge on any atom is 0.333 e. The molecule has 0 aliphatic rings. The Labute approximate surface area is 96.2 Å². The normalized spacial score (nSPS) is 10.2. The van der Waals surface area contributed by atoms with Gasteiger partial charge in [-0.25, -0.2) is 13.9 Å². The summed E-state index contributed by atoms with van der Waals surface area (Å²) in [6, 6.07) is 0. The molecule has 0 atom stereocenters. The van der Waals surface area contributed by atoms with Crippen molar-refractivity contribution in [2.75, 3.05) is 6.61 Å². The standard InChI is InChI=1S/C12H19N2O2/c1-10(2)12(15)16-9-5-6-14-8-7-13(4)11(14)3/h7-8H,1,5-6,9H2,2-4H3/q+1. The number of imidazole rings is 1. The number of aromatic nitrogens is 2. The molecule has 1 aromatic rings. The molecule has 16 heavy (non-hydrogen) atoms. The minimum Gasteiger partial charge on any atom is -0.462 e. The number of carbonyl (C=O) groups excluding carboxylic acids is 1. The summed E-state index contributed by atoms with van der Waals surface area (Å²) in [6.45, 7) is 8.53. The Kier molecular flexibility index (Phi) is 4.28. The third-order valence-electron chi connectivity index (χ3n) is 2.52. The molecule has 1 heterocycles. The van der Waals surface area contributed by atoms with Crippen molar-refractivity contribution in [3.63, 3.8) is 0 Å². The van der Waals surface area contributed by atoms with E-state index >= 15 is 0 Å². The zero-order chi connectivity index (χ0) is 12.1. The van der Waals surface area contributed by atoms with Crippen LogP contribution in [0.4, 0.5) is 0 Å². The number of carbonyl (C=O) groups is 1. The van der Waals surface area contributed by atoms with Gasteiger partial charge in [0, 0.05) is 18.9 Å². The number of hydrogen-bond donors (Lipinski definition) is 0. The molecule has 0 N–H and O–H groups in total. The van der Waals surface area contributed by atoms with E-state index in [0.717, 1.165) is 13.0 Å². The van der Waals surface area contributed by atoms with Crippen LogP contribution in [0.25, 0.3) is 0 Å². The Morgan fingerprint density at radius 3 is 2.81 bits per heavy atom. The summed E-state index contributed by atoms with van der Waals surface area (Å²) in [5, 5.41) is 0. The second-order valence-electron chi connectivity index (χ2n) is 3.92. The SMILES string of the molecule is C=C(C)C(=O)OCCCn1cc[n+](C)c1C. The van der Waals surface area contributed by atoms with Gasteiger partial charge < -0.3 is 4.74 Å². The molecular formula is C12H19N2O2+. The highest BCUT2D eigenvalue weighted by atomic mass is 16.5. The van der Waals surface area contributed by atoms with Gasteiger partial charge in [-0.05, 0) is 6.92 Å². The van der Waals surface area contributed by atoms with Crippen LogP contribution < -0.4 is 4.57 Å². The first kappa shape index (κ1) is 12.5. The fraction of sp³-hybridized carbons (Fsp3) is 0.500. The lowest BCUT2D eigenvalue weighted by molar-refractivity contribution is -0.677. The summed E-state index contributed by atoms with van der Waals surface area (Å²) in [5.74, 6) is 0.876. The smallest absolute Gasteiger partial charge is 0.333 e. The molecule has 4 nitrogen and oxygen atoms in total. The van der Waals surface area contributed by atoms with Gasteiger partial charge in [0.1, 0.15) is 12.4 Å². The molecule has 0 bridgehead atoms. The van der Waals surface area contributed by atoms with Crippen LogP contribution in [0, 0.1) is 6.92 Å². The van der Waals surface area contributed by atoms with Gasteiger partial charge in [-0.1, -0.05) is 6.58 Å². The van der Waals surface area contributed by atoms with Crippen LogP contribution in [-0.4, -0.2) is 17.1 Å². The van der Waals surface area contributed by atoms with E-state index in [4.69, 9.17) is 4.74 Å². The van der Waals surface area contributed by atoms with Gasteiger partial charge in [-0.3, -0.25) is 0 Å². The summed E-state index contributed by atoms with van der Waals surface area (Å²) in [4.78, 5) is 11.1. The molecular weight excluding hydrogens is 204 g/mol. The molecule has 0 unspecified atom stereocenters. The van der Waals surface area contributed by atoms with E-state index in [0.29, 0.717) is 12.2 Å². The monoisotopic (exact) mass is 223 g/mol. The molecule has 0 saturated heterocycles. The van der Waals surface area contributed by atoms with E-state index < -0.39 is 0 Å². The quantitative estimate of drug-likeness (QED) is 0.325. The minimum atomic E-state index is -0.310. The van der Waals surface area contributed by atoms with E-state index in [1.165, 1.54) is 5.82 Å². The van der Waals surface area contributed by atoms with E-state index in [2.05, 4.69) is 22.6 Å². The predicted octanol–water partition coefficient (Wildman–Crippen LogP) is 1.13. The van der Waals surface area contributed by atoms with Gasteiger partial charge in [0.25, 0.3) is 5.82 Å². The van der Waals surface area contributed by atoms with Crippen molar-refractivity contribution in [1.82, 2.24) is 4.57 Å². The van der Waals surface area contributed by atoms with Gasteiger partial charge in [0.05, 0.1) is 20.2 Å². The van der Waals surface area contributed by atoms with Crippen molar-refractivity contribution in [2.45, 2.75) is 26.8 Å². The Morgan fingerprint density at radius 1 is 1.62 bits per heavy atom. The van der Waals surface area contributed by atoms with Crippen LogP contribution in [0.3, 0.4) is 0 Å². The molecule has 0 aliphatic heterocycles. The van der Waals surface area contributed by atoms with Gasteiger partial charge in [-0.2, -0.15) is 0 Å². The van der Waals surface area contributed by atoms with Gasteiger partial charge >= 0.3 is 5.97 Å². The third kappa shape index (κ3) is 3.22. The van der Waals surface area contributed by atoms with Gasteiger partial charge in [-0.15, -0.1) is 0 Å². The molecule has 1 rings (SSSR count). The third-order valence-corrected chi connectivity index (χ3v) is 2.52. The number of nitrogens with zero attached hydrogens (tertiary/aromatic N) is 2. The molecule has 1 aromatic heterocycles. The van der Waals surface area contributed by atoms with Crippen molar-refractivity contribution in [3.8, 4) is 0 Å². The topological polar surface area (TPSA) is 35.1 Å². The zero-order valence-electron chi connectivity index (χ0n) is 10.2. The number of ether oxygens (including phenoxy) is 1. The maximum atomic E-state index is 11.1. The number of esters is 1. The Bertz CT molecular complexity index is 394. The minimum absolute atomic E-state index is 0.310. The van der Waals surface area contributed by atoms with Crippen LogP contribution >= 0.6 is 0 Å². The van der Waals surface area contributed by atoms with E-state index in [1.807, 2.05) is 19.4 Å². The molecule has 0 aromatic carbocycles. The highest BCUT2D eigenvalue weighted by Crippen LogP contribution is 1.98. The summed E-state index contributed by atoms with van der Waals surface area (Å²) in [5.41, 5.74) is 0.448. The van der Waals surface area contributed by atoms with Crippen LogP contribution in [-0.2, 0) is 23.1 Å². The number of aryl methyl sites for hydroxylation is 2. The summed E-state index contributed by atoms with van der Waals surface area (Å²) in [6.07, 6.45) is 4.85. The molecule has 0 aliphatic carbocycles. The molecule has 0 spiro atoms. The lowest BCUT2D eigenvalue weighted by Gasteiger charge is -2.03. The molecule has 4 heteroatoms. The Balaban J connectivity index is 2.29. The maximum absolute atomic E-state index is 11.1.